The highest BCUT2D eigenvalue weighted by Crippen LogP contribution is 2.25. The zero-order valence-corrected chi connectivity index (χ0v) is 20.7. The molecule has 3 rings (SSSR count). The second kappa shape index (κ2) is 13.1. The summed E-state index contributed by atoms with van der Waals surface area (Å²) in [5.74, 6) is 1.47. The van der Waals surface area contributed by atoms with Crippen LogP contribution >= 0.6 is 35.6 Å². The molecule has 1 unspecified atom stereocenters. The van der Waals surface area contributed by atoms with Crippen molar-refractivity contribution in [3.63, 3.8) is 0 Å². The monoisotopic (exact) mass is 543 g/mol. The summed E-state index contributed by atoms with van der Waals surface area (Å²) in [7, 11) is 3.54. The van der Waals surface area contributed by atoms with E-state index in [9.17, 15) is 0 Å². The van der Waals surface area contributed by atoms with E-state index in [4.69, 9.17) is 21.1 Å². The van der Waals surface area contributed by atoms with Crippen LogP contribution in [0.5, 0.6) is 0 Å². The van der Waals surface area contributed by atoms with Crippen LogP contribution in [0.4, 0.5) is 0 Å². The smallest absolute Gasteiger partial charge is 0.193 e. The zero-order valence-electron chi connectivity index (χ0n) is 17.6. The van der Waals surface area contributed by atoms with Gasteiger partial charge in [-0.3, -0.25) is 4.99 Å². The number of rotatable bonds is 8. The number of aliphatic imine (C=N–C) groups is 1. The first-order chi connectivity index (χ1) is 14.2. The Labute approximate surface area is 201 Å². The fourth-order valence-corrected chi connectivity index (χ4v) is 3.77. The Morgan fingerprint density at radius 2 is 1.93 bits per heavy atom. The molecule has 7 heteroatoms. The van der Waals surface area contributed by atoms with Gasteiger partial charge in [0, 0.05) is 44.7 Å². The number of nitrogens with zero attached hydrogens (tertiary/aromatic N) is 2. The maximum Gasteiger partial charge on any atom is 0.193 e. The highest BCUT2D eigenvalue weighted by molar-refractivity contribution is 14.0. The van der Waals surface area contributed by atoms with Crippen molar-refractivity contribution < 1.29 is 9.47 Å². The first-order valence-corrected chi connectivity index (χ1v) is 10.4. The Bertz CT molecular complexity index is 801. The molecule has 2 aromatic rings. The van der Waals surface area contributed by atoms with E-state index >= 15 is 0 Å². The quantitative estimate of drug-likeness (QED) is 0.227. The molecule has 0 saturated carbocycles. The van der Waals surface area contributed by atoms with Crippen LogP contribution in [0.1, 0.15) is 12.0 Å². The maximum absolute atomic E-state index is 6.04. The van der Waals surface area contributed by atoms with Gasteiger partial charge in [-0.05, 0) is 35.2 Å². The molecule has 1 aliphatic rings. The maximum atomic E-state index is 6.04. The summed E-state index contributed by atoms with van der Waals surface area (Å²) in [4.78, 5) is 6.81. The first-order valence-electron chi connectivity index (χ1n) is 10.1. The van der Waals surface area contributed by atoms with Crippen LogP contribution in [-0.2, 0) is 16.0 Å². The van der Waals surface area contributed by atoms with E-state index in [1.807, 2.05) is 19.2 Å². The molecule has 0 bridgehead atoms. The second-order valence-electron chi connectivity index (χ2n) is 7.23. The number of hydrogen-bond acceptors (Lipinski definition) is 3. The SMILES string of the molecule is CN=C(NCc1ccccc1-c1ccc(Cl)cc1)N1CCC(COCCOC)C1.I. The molecule has 1 fully saturated rings. The molecule has 0 amide bonds. The number of nitrogens with one attached hydrogen (secondary N) is 1. The highest BCUT2D eigenvalue weighted by Gasteiger charge is 2.25. The van der Waals surface area contributed by atoms with Crippen molar-refractivity contribution in [3.05, 3.63) is 59.1 Å². The van der Waals surface area contributed by atoms with E-state index in [0.29, 0.717) is 19.1 Å². The van der Waals surface area contributed by atoms with Crippen LogP contribution in [0.25, 0.3) is 11.1 Å². The lowest BCUT2D eigenvalue weighted by atomic mass is 10.00. The Balaban J connectivity index is 0.00000320. The molecule has 1 saturated heterocycles. The van der Waals surface area contributed by atoms with Crippen LogP contribution < -0.4 is 5.32 Å². The Morgan fingerprint density at radius 3 is 2.67 bits per heavy atom. The van der Waals surface area contributed by atoms with Crippen molar-refractivity contribution in [1.82, 2.24) is 10.2 Å². The second-order valence-corrected chi connectivity index (χ2v) is 7.67. The van der Waals surface area contributed by atoms with Crippen LogP contribution in [0.15, 0.2) is 53.5 Å². The van der Waals surface area contributed by atoms with Crippen molar-refractivity contribution in [2.75, 3.05) is 47.1 Å². The van der Waals surface area contributed by atoms with Gasteiger partial charge in [-0.2, -0.15) is 0 Å². The molecule has 0 aromatic heterocycles. The van der Waals surface area contributed by atoms with Crippen molar-refractivity contribution in [2.45, 2.75) is 13.0 Å². The first kappa shape index (κ1) is 24.9. The zero-order chi connectivity index (χ0) is 20.5. The third kappa shape index (κ3) is 7.11. The fraction of sp³-hybridized carbons (Fsp3) is 0.435. The number of methoxy groups -OCH3 is 1. The minimum absolute atomic E-state index is 0. The molecule has 1 heterocycles. The summed E-state index contributed by atoms with van der Waals surface area (Å²) in [6, 6.07) is 16.4. The number of benzene rings is 2. The van der Waals surface area contributed by atoms with Crippen LogP contribution in [0, 0.1) is 5.92 Å². The minimum Gasteiger partial charge on any atom is -0.382 e. The van der Waals surface area contributed by atoms with E-state index in [1.54, 1.807) is 7.11 Å². The van der Waals surface area contributed by atoms with Crippen molar-refractivity contribution >= 4 is 41.5 Å². The number of likely N-dealkylation sites (tertiary alicyclic amines) is 1. The predicted molar refractivity (Wildman–Crippen MR) is 135 cm³/mol. The molecule has 2 aromatic carbocycles. The van der Waals surface area contributed by atoms with Gasteiger partial charge in [0.2, 0.25) is 0 Å². The van der Waals surface area contributed by atoms with Crippen molar-refractivity contribution in [1.29, 1.82) is 0 Å². The van der Waals surface area contributed by atoms with Gasteiger partial charge in [0.05, 0.1) is 19.8 Å². The minimum atomic E-state index is 0. The van der Waals surface area contributed by atoms with Gasteiger partial charge in [-0.25, -0.2) is 0 Å². The van der Waals surface area contributed by atoms with Crippen molar-refractivity contribution in [3.8, 4) is 11.1 Å². The molecule has 1 aliphatic heterocycles. The number of ether oxygens (including phenoxy) is 2. The van der Waals surface area contributed by atoms with E-state index in [1.165, 1.54) is 11.1 Å². The third-order valence-corrected chi connectivity index (χ3v) is 5.44. The number of halogens is 2. The molecule has 0 radical (unpaired) electrons. The van der Waals surface area contributed by atoms with Gasteiger partial charge >= 0.3 is 0 Å². The van der Waals surface area contributed by atoms with Gasteiger partial charge in [0.25, 0.3) is 0 Å². The standard InChI is InChI=1S/C23H30ClN3O2.HI/c1-25-23(27-12-11-18(16-27)17-29-14-13-28-2)26-15-20-5-3-4-6-22(20)19-7-9-21(24)10-8-19;/h3-10,18H,11-17H2,1-2H3,(H,25,26);1H. The molecule has 30 heavy (non-hydrogen) atoms. The normalized spacial score (nSPS) is 16.4. The summed E-state index contributed by atoms with van der Waals surface area (Å²) in [6.45, 7) is 4.75. The van der Waals surface area contributed by atoms with E-state index in [0.717, 1.165) is 49.2 Å². The number of hydrogen-bond donors (Lipinski definition) is 1. The van der Waals surface area contributed by atoms with Crippen LogP contribution in [0.3, 0.4) is 0 Å². The summed E-state index contributed by atoms with van der Waals surface area (Å²) in [6.07, 6.45) is 1.12. The molecule has 0 aliphatic carbocycles. The van der Waals surface area contributed by atoms with Crippen LogP contribution in [0.2, 0.25) is 5.02 Å². The lowest BCUT2D eigenvalue weighted by Crippen LogP contribution is -2.40. The van der Waals surface area contributed by atoms with Gasteiger partial charge in [0.1, 0.15) is 0 Å². The van der Waals surface area contributed by atoms with E-state index < -0.39 is 0 Å². The Hall–Kier alpha value is -1.35. The molecule has 1 atom stereocenters. The lowest BCUT2D eigenvalue weighted by Gasteiger charge is -2.22. The fourth-order valence-electron chi connectivity index (χ4n) is 3.65. The molecule has 164 valence electrons. The largest absolute Gasteiger partial charge is 0.382 e. The molecule has 1 N–H and O–H groups in total. The van der Waals surface area contributed by atoms with Gasteiger partial charge in [-0.15, -0.1) is 24.0 Å². The third-order valence-electron chi connectivity index (χ3n) is 5.19. The average Bonchev–Trinajstić information content (AvgIpc) is 3.21. The average molecular weight is 544 g/mol. The Morgan fingerprint density at radius 1 is 1.17 bits per heavy atom. The highest BCUT2D eigenvalue weighted by atomic mass is 127. The van der Waals surface area contributed by atoms with Crippen LogP contribution in [-0.4, -0.2) is 57.9 Å². The summed E-state index contributed by atoms with van der Waals surface area (Å²) < 4.78 is 10.7. The van der Waals surface area contributed by atoms with E-state index in [2.05, 4.69) is 51.6 Å². The number of guanidine groups is 1. The van der Waals surface area contributed by atoms with Gasteiger partial charge in [0.15, 0.2) is 5.96 Å². The summed E-state index contributed by atoms with van der Waals surface area (Å²) in [5.41, 5.74) is 3.60. The summed E-state index contributed by atoms with van der Waals surface area (Å²) in [5, 5.41) is 4.28. The predicted octanol–water partition coefficient (Wildman–Crippen LogP) is 4.69. The molecular formula is C23H31ClIN3O2. The van der Waals surface area contributed by atoms with Gasteiger partial charge < -0.3 is 19.7 Å². The molecule has 5 nitrogen and oxygen atoms in total. The topological polar surface area (TPSA) is 46.1 Å². The molecule has 0 spiro atoms. The molecular weight excluding hydrogens is 513 g/mol. The van der Waals surface area contributed by atoms with Crippen molar-refractivity contribution in [2.24, 2.45) is 10.9 Å². The Kier molecular flexibility index (Phi) is 10.9. The summed E-state index contributed by atoms with van der Waals surface area (Å²) >= 11 is 6.04. The lowest BCUT2D eigenvalue weighted by molar-refractivity contribution is 0.0536. The van der Waals surface area contributed by atoms with E-state index in [-0.39, 0.29) is 24.0 Å². The van der Waals surface area contributed by atoms with Gasteiger partial charge in [-0.1, -0.05) is 48.0 Å².